The zero-order valence-electron chi connectivity index (χ0n) is 15.5. The van der Waals surface area contributed by atoms with Gasteiger partial charge in [-0.15, -0.1) is 0 Å². The van der Waals surface area contributed by atoms with Crippen LogP contribution in [0.4, 0.5) is 0 Å². The summed E-state index contributed by atoms with van der Waals surface area (Å²) in [7, 11) is 3.62. The number of allylic oxidation sites excluding steroid dienone is 1. The number of ether oxygens (including phenoxy) is 1. The van der Waals surface area contributed by atoms with Gasteiger partial charge in [-0.2, -0.15) is 0 Å². The number of pyridine rings is 1. The Kier molecular flexibility index (Phi) is 4.58. The molecule has 3 rings (SSSR count). The number of carbonyl (C=O) groups excluding carboxylic acids is 2. The highest BCUT2D eigenvalue weighted by Gasteiger charge is 2.52. The van der Waals surface area contributed by atoms with E-state index in [-0.39, 0.29) is 17.7 Å². The Bertz CT molecular complexity index is 815. The van der Waals surface area contributed by atoms with Gasteiger partial charge in [0.2, 0.25) is 5.91 Å². The van der Waals surface area contributed by atoms with Crippen LogP contribution in [-0.4, -0.2) is 42.1 Å². The zero-order valence-corrected chi connectivity index (χ0v) is 15.5. The number of aromatic nitrogens is 1. The topological polar surface area (TPSA) is 83.6 Å². The third-order valence-electron chi connectivity index (χ3n) is 4.93. The molecule has 1 spiro atoms. The van der Waals surface area contributed by atoms with Crippen molar-refractivity contribution in [1.29, 1.82) is 0 Å². The summed E-state index contributed by atoms with van der Waals surface area (Å²) in [6.45, 7) is 7.50. The van der Waals surface area contributed by atoms with Crippen molar-refractivity contribution in [3.8, 4) is 0 Å². The fourth-order valence-electron chi connectivity index (χ4n) is 3.61. The monoisotopic (exact) mass is 356 g/mol. The molecule has 0 unspecified atom stereocenters. The lowest BCUT2D eigenvalue weighted by molar-refractivity contribution is -0.126. The minimum Gasteiger partial charge on any atom is -0.458 e. The summed E-state index contributed by atoms with van der Waals surface area (Å²) in [4.78, 5) is 29.2. The second-order valence-corrected chi connectivity index (χ2v) is 6.93. The molecule has 7 nitrogen and oxygen atoms in total. The van der Waals surface area contributed by atoms with Gasteiger partial charge in [0.05, 0.1) is 11.5 Å². The van der Waals surface area contributed by atoms with Crippen molar-refractivity contribution < 1.29 is 14.3 Å². The highest BCUT2D eigenvalue weighted by Crippen LogP contribution is 2.47. The summed E-state index contributed by atoms with van der Waals surface area (Å²) in [5, 5.41) is 4.72. The molecule has 0 saturated carbocycles. The van der Waals surface area contributed by atoms with E-state index in [1.165, 1.54) is 0 Å². The quantitative estimate of drug-likeness (QED) is 0.612. The first kappa shape index (κ1) is 18.1. The van der Waals surface area contributed by atoms with E-state index in [1.807, 2.05) is 7.05 Å². The van der Waals surface area contributed by atoms with Crippen LogP contribution in [0.2, 0.25) is 0 Å². The summed E-state index contributed by atoms with van der Waals surface area (Å²) >= 11 is 0. The second-order valence-electron chi connectivity index (χ2n) is 6.93. The highest BCUT2D eigenvalue weighted by atomic mass is 16.5. The number of carbonyl (C=O) groups is 2. The maximum absolute atomic E-state index is 12.9. The standard InChI is InChI=1S/C19H24N4O3/c1-6-14-16(23(5)20-4)22-18(25)19(14)8-12-7-15(17(24)26-11(2)3)21-10-13(12)9-19/h6-7,10-11,20H,1,8-9H2,2-5H3,(H,22,25)/t19-/m1/s1. The number of fused-ring (bicyclic) bond motifs is 1. The predicted molar refractivity (Wildman–Crippen MR) is 96.8 cm³/mol. The zero-order chi connectivity index (χ0) is 19.1. The Balaban J connectivity index is 1.96. The van der Waals surface area contributed by atoms with Crippen LogP contribution in [0.15, 0.2) is 36.3 Å². The molecule has 0 saturated heterocycles. The highest BCUT2D eigenvalue weighted by molar-refractivity contribution is 5.94. The summed E-state index contributed by atoms with van der Waals surface area (Å²) in [6, 6.07) is 1.74. The van der Waals surface area contributed by atoms with Crippen LogP contribution >= 0.6 is 0 Å². The molecular formula is C19H24N4O3. The fourth-order valence-corrected chi connectivity index (χ4v) is 3.61. The molecule has 138 valence electrons. The van der Waals surface area contributed by atoms with Crippen LogP contribution in [-0.2, 0) is 22.4 Å². The van der Waals surface area contributed by atoms with E-state index in [2.05, 4.69) is 22.3 Å². The molecule has 1 amide bonds. The molecule has 1 aliphatic carbocycles. The third kappa shape index (κ3) is 2.78. The Morgan fingerprint density at radius 3 is 2.77 bits per heavy atom. The van der Waals surface area contributed by atoms with Crippen molar-refractivity contribution in [2.75, 3.05) is 14.1 Å². The van der Waals surface area contributed by atoms with Gasteiger partial charge in [-0.25, -0.2) is 15.2 Å². The van der Waals surface area contributed by atoms with Crippen LogP contribution in [0.5, 0.6) is 0 Å². The summed E-state index contributed by atoms with van der Waals surface area (Å²) in [5.74, 6) is 0.189. The molecular weight excluding hydrogens is 332 g/mol. The van der Waals surface area contributed by atoms with Crippen LogP contribution in [0.1, 0.15) is 35.5 Å². The summed E-state index contributed by atoms with van der Waals surface area (Å²) in [5.41, 5.74) is 5.31. The van der Waals surface area contributed by atoms with Crippen LogP contribution in [0.25, 0.3) is 0 Å². The maximum Gasteiger partial charge on any atom is 0.357 e. The van der Waals surface area contributed by atoms with Crippen molar-refractivity contribution in [2.45, 2.75) is 32.8 Å². The van der Waals surface area contributed by atoms with Gasteiger partial charge in [0.1, 0.15) is 11.5 Å². The molecule has 0 radical (unpaired) electrons. The normalized spacial score (nSPS) is 21.2. The van der Waals surface area contributed by atoms with E-state index < -0.39 is 11.4 Å². The first-order valence-electron chi connectivity index (χ1n) is 8.61. The molecule has 1 atom stereocenters. The van der Waals surface area contributed by atoms with Crippen LogP contribution in [0.3, 0.4) is 0 Å². The lowest BCUT2D eigenvalue weighted by Gasteiger charge is -2.23. The van der Waals surface area contributed by atoms with E-state index in [4.69, 9.17) is 4.74 Å². The number of nitrogens with one attached hydrogen (secondary N) is 2. The largest absolute Gasteiger partial charge is 0.458 e. The number of amides is 1. The Morgan fingerprint density at radius 2 is 2.15 bits per heavy atom. The van der Waals surface area contributed by atoms with Gasteiger partial charge >= 0.3 is 5.97 Å². The van der Waals surface area contributed by atoms with Gasteiger partial charge < -0.3 is 10.1 Å². The molecule has 1 aliphatic heterocycles. The van der Waals surface area contributed by atoms with E-state index >= 15 is 0 Å². The SMILES string of the molecule is C=CC1=C(N(C)NC)NC(=O)[C@]12Cc1cnc(C(=O)OC(C)C)cc1C2. The van der Waals surface area contributed by atoms with E-state index in [1.54, 1.807) is 44.2 Å². The lowest BCUT2D eigenvalue weighted by atomic mass is 9.78. The maximum atomic E-state index is 12.9. The van der Waals surface area contributed by atoms with Crippen LogP contribution < -0.4 is 10.7 Å². The molecule has 2 N–H and O–H groups in total. The first-order chi connectivity index (χ1) is 12.3. The lowest BCUT2D eigenvalue weighted by Crippen LogP contribution is -2.38. The molecule has 0 fully saturated rings. The molecule has 2 heterocycles. The van der Waals surface area contributed by atoms with E-state index in [9.17, 15) is 9.59 Å². The number of nitrogens with zero attached hydrogens (tertiary/aromatic N) is 2. The fraction of sp³-hybridized carbons (Fsp3) is 0.421. The van der Waals surface area contributed by atoms with Gasteiger partial charge in [-0.3, -0.25) is 9.80 Å². The molecule has 1 aromatic heterocycles. The number of rotatable bonds is 5. The summed E-state index contributed by atoms with van der Waals surface area (Å²) < 4.78 is 5.22. The van der Waals surface area contributed by atoms with Crippen molar-refractivity contribution >= 4 is 11.9 Å². The smallest absolute Gasteiger partial charge is 0.357 e. The predicted octanol–water partition coefficient (Wildman–Crippen LogP) is 1.33. The van der Waals surface area contributed by atoms with Crippen molar-refractivity contribution in [3.05, 3.63) is 53.1 Å². The van der Waals surface area contributed by atoms with Crippen molar-refractivity contribution in [1.82, 2.24) is 20.7 Å². The minimum absolute atomic E-state index is 0.0630. The molecule has 1 aromatic rings. The Hall–Kier alpha value is -2.67. The molecule has 26 heavy (non-hydrogen) atoms. The van der Waals surface area contributed by atoms with Crippen molar-refractivity contribution in [3.63, 3.8) is 0 Å². The van der Waals surface area contributed by atoms with Gasteiger partial charge in [0, 0.05) is 25.9 Å². The van der Waals surface area contributed by atoms with Crippen LogP contribution in [0, 0.1) is 5.41 Å². The Morgan fingerprint density at radius 1 is 1.46 bits per heavy atom. The molecule has 2 aliphatic rings. The van der Waals surface area contributed by atoms with Gasteiger partial charge in [0.25, 0.3) is 0 Å². The first-order valence-corrected chi connectivity index (χ1v) is 8.61. The van der Waals surface area contributed by atoms with E-state index in [0.717, 1.165) is 16.7 Å². The third-order valence-corrected chi connectivity index (χ3v) is 4.93. The summed E-state index contributed by atoms with van der Waals surface area (Å²) in [6.07, 6.45) is 4.23. The average Bonchev–Trinajstić information content (AvgIpc) is 3.11. The van der Waals surface area contributed by atoms with Gasteiger partial charge in [-0.05, 0) is 43.9 Å². The number of hydrogen-bond donors (Lipinski definition) is 2. The number of esters is 1. The number of hydrogen-bond acceptors (Lipinski definition) is 6. The molecule has 0 bridgehead atoms. The second kappa shape index (κ2) is 6.57. The number of hydrazine groups is 1. The van der Waals surface area contributed by atoms with Crippen molar-refractivity contribution in [2.24, 2.45) is 5.41 Å². The average molecular weight is 356 g/mol. The van der Waals surface area contributed by atoms with Gasteiger partial charge in [-0.1, -0.05) is 12.7 Å². The molecule has 0 aromatic carbocycles. The Labute approximate surface area is 153 Å². The molecule has 7 heteroatoms. The minimum atomic E-state index is -0.715. The van der Waals surface area contributed by atoms with E-state index in [0.29, 0.717) is 18.7 Å². The van der Waals surface area contributed by atoms with Gasteiger partial charge in [0.15, 0.2) is 0 Å².